The van der Waals surface area contributed by atoms with Crippen LogP contribution in [0.4, 0.5) is 17.1 Å². The van der Waals surface area contributed by atoms with E-state index in [9.17, 15) is 9.90 Å². The van der Waals surface area contributed by atoms with E-state index in [1.165, 1.54) is 17.2 Å². The molecule has 1 aliphatic rings. The maximum absolute atomic E-state index is 12.2. The predicted octanol–water partition coefficient (Wildman–Crippen LogP) is 4.55. The van der Waals surface area contributed by atoms with Gasteiger partial charge in [-0.05, 0) is 72.5 Å². The Labute approximate surface area is 194 Å². The fourth-order valence-electron chi connectivity index (χ4n) is 4.08. The van der Waals surface area contributed by atoms with Crippen LogP contribution in [0.3, 0.4) is 0 Å². The molecule has 4 N–H and O–H groups in total. The van der Waals surface area contributed by atoms with E-state index in [0.717, 1.165) is 42.1 Å². The van der Waals surface area contributed by atoms with Gasteiger partial charge in [-0.25, -0.2) is 0 Å². The molecule has 6 heteroatoms. The number of carbonyl (C=O) groups excluding carboxylic acids is 1. The summed E-state index contributed by atoms with van der Waals surface area (Å²) in [5, 5.41) is 12.9. The second-order valence-electron chi connectivity index (χ2n) is 8.21. The second-order valence-corrected chi connectivity index (χ2v) is 8.21. The van der Waals surface area contributed by atoms with Gasteiger partial charge in [0.1, 0.15) is 5.75 Å². The lowest BCUT2D eigenvalue weighted by atomic mass is 9.94. The van der Waals surface area contributed by atoms with Gasteiger partial charge in [-0.2, -0.15) is 0 Å². The van der Waals surface area contributed by atoms with Crippen molar-refractivity contribution in [2.24, 2.45) is 0 Å². The van der Waals surface area contributed by atoms with Crippen molar-refractivity contribution < 1.29 is 14.6 Å². The molecule has 1 unspecified atom stereocenters. The molecule has 33 heavy (non-hydrogen) atoms. The number of nitrogen functional groups attached to an aromatic ring is 1. The lowest BCUT2D eigenvalue weighted by molar-refractivity contribution is -0.111. The molecule has 3 aromatic carbocycles. The van der Waals surface area contributed by atoms with E-state index in [1.807, 2.05) is 24.3 Å². The summed E-state index contributed by atoms with van der Waals surface area (Å²) in [6.45, 7) is 3.43. The van der Waals surface area contributed by atoms with E-state index in [4.69, 9.17) is 10.5 Å². The Morgan fingerprint density at radius 1 is 1.15 bits per heavy atom. The number of nitrogens with two attached hydrogens (primary N) is 1. The first kappa shape index (κ1) is 22.4. The number of nitrogens with zero attached hydrogens (tertiary/aromatic N) is 1. The van der Waals surface area contributed by atoms with Crippen molar-refractivity contribution in [3.8, 4) is 5.75 Å². The smallest absolute Gasteiger partial charge is 0.248 e. The summed E-state index contributed by atoms with van der Waals surface area (Å²) in [5.41, 5.74) is 12.3. The standard InChI is InChI=1S/C27H29N3O3/c1-18(31)23-15-21-17-30(14-13-20(21)16-26(23)33-2)22-10-7-19(8-11-22)9-12-27(32)29-25-6-4-3-5-24(25)28/h3-12,15-16,18,31H,13-14,17,28H2,1-2H3,(H,29,32)/b12-9+. The average molecular weight is 444 g/mol. The van der Waals surface area contributed by atoms with Gasteiger partial charge in [0.05, 0.1) is 24.6 Å². The Balaban J connectivity index is 1.43. The minimum atomic E-state index is -0.581. The number of aliphatic hydroxyl groups excluding tert-OH is 1. The molecule has 1 aliphatic heterocycles. The molecule has 1 atom stereocenters. The molecule has 0 saturated carbocycles. The lowest BCUT2D eigenvalue weighted by Crippen LogP contribution is -2.30. The third kappa shape index (κ3) is 5.18. The van der Waals surface area contributed by atoms with Crippen molar-refractivity contribution in [1.82, 2.24) is 0 Å². The Kier molecular flexibility index (Phi) is 6.66. The molecular formula is C27H29N3O3. The molecule has 0 radical (unpaired) electrons. The van der Waals surface area contributed by atoms with Crippen LogP contribution in [0.1, 0.15) is 35.3 Å². The highest BCUT2D eigenvalue weighted by atomic mass is 16.5. The van der Waals surface area contributed by atoms with Crippen molar-refractivity contribution in [2.75, 3.05) is 29.6 Å². The van der Waals surface area contributed by atoms with Crippen molar-refractivity contribution >= 4 is 29.0 Å². The van der Waals surface area contributed by atoms with Crippen LogP contribution < -0.4 is 20.7 Å². The van der Waals surface area contributed by atoms with Gasteiger partial charge < -0.3 is 25.8 Å². The summed E-state index contributed by atoms with van der Waals surface area (Å²) < 4.78 is 5.46. The van der Waals surface area contributed by atoms with Crippen LogP contribution in [0.25, 0.3) is 6.08 Å². The number of hydrogen-bond donors (Lipinski definition) is 3. The third-order valence-electron chi connectivity index (χ3n) is 5.92. The molecule has 4 rings (SSSR count). The largest absolute Gasteiger partial charge is 0.496 e. The van der Waals surface area contributed by atoms with Crippen LogP contribution >= 0.6 is 0 Å². The van der Waals surface area contributed by atoms with Gasteiger partial charge in [-0.3, -0.25) is 4.79 Å². The van der Waals surface area contributed by atoms with E-state index < -0.39 is 6.10 Å². The molecule has 0 saturated heterocycles. The maximum atomic E-state index is 12.2. The Morgan fingerprint density at radius 3 is 2.61 bits per heavy atom. The van der Waals surface area contributed by atoms with Gasteiger partial charge in [-0.15, -0.1) is 0 Å². The fourth-order valence-corrected chi connectivity index (χ4v) is 4.08. The lowest BCUT2D eigenvalue weighted by Gasteiger charge is -2.32. The second kappa shape index (κ2) is 9.79. The van der Waals surface area contributed by atoms with Gasteiger partial charge in [0.25, 0.3) is 0 Å². The number of benzene rings is 3. The maximum Gasteiger partial charge on any atom is 0.248 e. The summed E-state index contributed by atoms with van der Waals surface area (Å²) >= 11 is 0. The molecule has 6 nitrogen and oxygen atoms in total. The number of nitrogens with one attached hydrogen (secondary N) is 1. The molecule has 170 valence electrons. The Bertz CT molecular complexity index is 1170. The van der Waals surface area contributed by atoms with Crippen LogP contribution in [0.5, 0.6) is 5.75 Å². The first-order valence-electron chi connectivity index (χ1n) is 11.0. The van der Waals surface area contributed by atoms with Crippen LogP contribution in [0.15, 0.2) is 66.7 Å². The quantitative estimate of drug-likeness (QED) is 0.384. The first-order valence-corrected chi connectivity index (χ1v) is 11.0. The minimum absolute atomic E-state index is 0.228. The highest BCUT2D eigenvalue weighted by molar-refractivity contribution is 6.03. The third-order valence-corrected chi connectivity index (χ3v) is 5.92. The van der Waals surface area contributed by atoms with Gasteiger partial charge in [0, 0.05) is 30.4 Å². The van der Waals surface area contributed by atoms with Crippen LogP contribution in [-0.4, -0.2) is 24.7 Å². The molecular weight excluding hydrogens is 414 g/mol. The number of methoxy groups -OCH3 is 1. The predicted molar refractivity (Wildman–Crippen MR) is 133 cm³/mol. The molecule has 0 bridgehead atoms. The van der Waals surface area contributed by atoms with E-state index in [0.29, 0.717) is 11.4 Å². The average Bonchev–Trinajstić information content (AvgIpc) is 2.83. The van der Waals surface area contributed by atoms with Crippen molar-refractivity contribution in [1.29, 1.82) is 0 Å². The summed E-state index contributed by atoms with van der Waals surface area (Å²) in [6, 6.07) is 19.4. The van der Waals surface area contributed by atoms with Crippen molar-refractivity contribution in [2.45, 2.75) is 26.0 Å². The first-order chi connectivity index (χ1) is 15.9. The number of aliphatic hydroxyl groups is 1. The van der Waals surface area contributed by atoms with E-state index >= 15 is 0 Å². The molecule has 0 spiro atoms. The topological polar surface area (TPSA) is 87.8 Å². The number of carbonyl (C=O) groups is 1. The van der Waals surface area contributed by atoms with Crippen molar-refractivity contribution in [3.05, 3.63) is 89.0 Å². The summed E-state index contributed by atoms with van der Waals surface area (Å²) in [6.07, 6.45) is 3.62. The fraction of sp³-hybridized carbons (Fsp3) is 0.222. The van der Waals surface area contributed by atoms with Crippen LogP contribution in [-0.2, 0) is 17.8 Å². The number of amides is 1. The number of fused-ring (bicyclic) bond motifs is 1. The highest BCUT2D eigenvalue weighted by Gasteiger charge is 2.20. The van der Waals surface area contributed by atoms with Crippen LogP contribution in [0.2, 0.25) is 0 Å². The van der Waals surface area contributed by atoms with E-state index in [-0.39, 0.29) is 5.91 Å². The zero-order chi connectivity index (χ0) is 23.4. The zero-order valence-electron chi connectivity index (χ0n) is 18.9. The minimum Gasteiger partial charge on any atom is -0.496 e. The normalized spacial score (nSPS) is 14.1. The molecule has 1 heterocycles. The molecule has 1 amide bonds. The van der Waals surface area contributed by atoms with Gasteiger partial charge >= 0.3 is 0 Å². The Morgan fingerprint density at radius 2 is 1.91 bits per heavy atom. The molecule has 3 aromatic rings. The number of ether oxygens (including phenoxy) is 1. The molecule has 0 aliphatic carbocycles. The number of para-hydroxylation sites is 2. The molecule has 0 fully saturated rings. The van der Waals surface area contributed by atoms with Crippen LogP contribution in [0, 0.1) is 0 Å². The summed E-state index contributed by atoms with van der Waals surface area (Å²) in [4.78, 5) is 14.5. The molecule has 0 aromatic heterocycles. The Hall–Kier alpha value is -3.77. The zero-order valence-corrected chi connectivity index (χ0v) is 18.9. The monoisotopic (exact) mass is 443 g/mol. The summed E-state index contributed by atoms with van der Waals surface area (Å²) in [5.74, 6) is 0.515. The SMILES string of the molecule is COc1cc2c(cc1C(C)O)CN(c1ccc(/C=C/C(=O)Nc3ccccc3N)cc1)CC2. The number of hydrogen-bond acceptors (Lipinski definition) is 5. The van der Waals surface area contributed by atoms with Crippen molar-refractivity contribution in [3.63, 3.8) is 0 Å². The summed E-state index contributed by atoms with van der Waals surface area (Å²) in [7, 11) is 1.64. The van der Waals surface area contributed by atoms with Gasteiger partial charge in [-0.1, -0.05) is 24.3 Å². The van der Waals surface area contributed by atoms with Gasteiger partial charge in [0.2, 0.25) is 5.91 Å². The number of anilines is 3. The number of rotatable bonds is 6. The highest BCUT2D eigenvalue weighted by Crippen LogP contribution is 2.33. The van der Waals surface area contributed by atoms with Gasteiger partial charge in [0.15, 0.2) is 0 Å². The van der Waals surface area contributed by atoms with E-state index in [2.05, 4.69) is 34.5 Å². The van der Waals surface area contributed by atoms with E-state index in [1.54, 1.807) is 32.2 Å².